The Morgan fingerprint density at radius 2 is 1.89 bits per heavy atom. The smallest absolute Gasteiger partial charge is 0.252 e. The zero-order valence-electron chi connectivity index (χ0n) is 14.7. The van der Waals surface area contributed by atoms with Gasteiger partial charge >= 0.3 is 0 Å². The second-order valence-corrected chi connectivity index (χ2v) is 6.38. The van der Waals surface area contributed by atoms with Gasteiger partial charge in [0.2, 0.25) is 5.95 Å². The Labute approximate surface area is 164 Å². The summed E-state index contributed by atoms with van der Waals surface area (Å²) in [6, 6.07) is 14.3. The lowest BCUT2D eigenvalue weighted by Crippen LogP contribution is -2.10. The highest BCUT2D eigenvalue weighted by Crippen LogP contribution is 2.22. The second-order valence-electron chi connectivity index (χ2n) is 5.46. The molecule has 2 aromatic carbocycles. The van der Waals surface area contributed by atoms with Crippen molar-refractivity contribution in [2.75, 3.05) is 19.6 Å². The van der Waals surface area contributed by atoms with E-state index in [4.69, 9.17) is 9.47 Å². The topological polar surface area (TPSA) is 88.6 Å². The van der Waals surface area contributed by atoms with E-state index in [1.165, 1.54) is 6.07 Å². The van der Waals surface area contributed by atoms with Gasteiger partial charge in [0.15, 0.2) is 0 Å². The standard InChI is InChI=1S/C19H17BrN4O3/c1-26-15-6-3-12(4-7-15)16-10-18(25)23-19(22-16)24-21-11-13-9-14(20)5-8-17(13)27-2/h3-11H,1-2H3,(H2,22,23,24,25)/b21-11-. The number of hydrogen-bond acceptors (Lipinski definition) is 6. The molecule has 8 heteroatoms. The van der Waals surface area contributed by atoms with E-state index in [9.17, 15) is 4.79 Å². The molecule has 0 bridgehead atoms. The molecule has 0 spiro atoms. The Balaban J connectivity index is 1.82. The van der Waals surface area contributed by atoms with Gasteiger partial charge in [-0.1, -0.05) is 15.9 Å². The number of aromatic nitrogens is 2. The largest absolute Gasteiger partial charge is 0.497 e. The molecule has 0 radical (unpaired) electrons. The average molecular weight is 429 g/mol. The Hall–Kier alpha value is -3.13. The molecule has 0 saturated heterocycles. The SMILES string of the molecule is COc1ccc(-c2cc(=O)[nH]c(N/N=C\c3cc(Br)ccc3OC)n2)cc1. The van der Waals surface area contributed by atoms with Crippen LogP contribution in [0.15, 0.2) is 62.9 Å². The summed E-state index contributed by atoms with van der Waals surface area (Å²) >= 11 is 3.41. The number of anilines is 1. The summed E-state index contributed by atoms with van der Waals surface area (Å²) < 4.78 is 11.3. The number of aromatic amines is 1. The van der Waals surface area contributed by atoms with Gasteiger partial charge in [0.25, 0.3) is 5.56 Å². The molecule has 0 aliphatic heterocycles. The number of hydrogen-bond donors (Lipinski definition) is 2. The highest BCUT2D eigenvalue weighted by Gasteiger charge is 2.05. The van der Waals surface area contributed by atoms with E-state index in [1.807, 2.05) is 42.5 Å². The van der Waals surface area contributed by atoms with Gasteiger partial charge in [0, 0.05) is 21.7 Å². The van der Waals surface area contributed by atoms with Crippen molar-refractivity contribution in [3.8, 4) is 22.8 Å². The summed E-state index contributed by atoms with van der Waals surface area (Å²) in [7, 11) is 3.19. The molecule has 0 fully saturated rings. The predicted molar refractivity (Wildman–Crippen MR) is 109 cm³/mol. The van der Waals surface area contributed by atoms with E-state index >= 15 is 0 Å². The molecular formula is C19H17BrN4O3. The molecule has 0 aliphatic carbocycles. The number of halogens is 1. The molecule has 0 atom stereocenters. The number of hydrazone groups is 1. The maximum absolute atomic E-state index is 11.9. The van der Waals surface area contributed by atoms with Crippen molar-refractivity contribution >= 4 is 28.1 Å². The third kappa shape index (κ3) is 4.73. The van der Waals surface area contributed by atoms with Crippen LogP contribution in [0.1, 0.15) is 5.56 Å². The molecule has 3 rings (SSSR count). The Bertz CT molecular complexity index is 1020. The van der Waals surface area contributed by atoms with E-state index in [-0.39, 0.29) is 11.5 Å². The van der Waals surface area contributed by atoms with Crippen LogP contribution in [0.25, 0.3) is 11.3 Å². The quantitative estimate of drug-likeness (QED) is 0.461. The van der Waals surface area contributed by atoms with Crippen molar-refractivity contribution < 1.29 is 9.47 Å². The minimum Gasteiger partial charge on any atom is -0.497 e. The molecule has 1 aromatic heterocycles. The normalized spacial score (nSPS) is 10.8. The lowest BCUT2D eigenvalue weighted by atomic mass is 10.1. The van der Waals surface area contributed by atoms with E-state index in [1.54, 1.807) is 20.4 Å². The number of methoxy groups -OCH3 is 2. The molecule has 2 N–H and O–H groups in total. The zero-order chi connectivity index (χ0) is 19.2. The summed E-state index contributed by atoms with van der Waals surface area (Å²) in [5, 5.41) is 4.14. The summed E-state index contributed by atoms with van der Waals surface area (Å²) in [6.07, 6.45) is 1.59. The summed E-state index contributed by atoms with van der Waals surface area (Å²) in [4.78, 5) is 18.9. The maximum atomic E-state index is 11.9. The van der Waals surface area contributed by atoms with Gasteiger partial charge in [-0.3, -0.25) is 9.78 Å². The molecule has 7 nitrogen and oxygen atoms in total. The number of nitrogens with one attached hydrogen (secondary N) is 2. The fourth-order valence-electron chi connectivity index (χ4n) is 2.39. The molecule has 138 valence electrons. The lowest BCUT2D eigenvalue weighted by Gasteiger charge is -2.06. The first-order chi connectivity index (χ1) is 13.1. The fraction of sp³-hybridized carbons (Fsp3) is 0.105. The molecule has 0 amide bonds. The summed E-state index contributed by atoms with van der Waals surface area (Å²) in [5.41, 5.74) is 4.55. The van der Waals surface area contributed by atoms with E-state index in [0.717, 1.165) is 21.3 Å². The highest BCUT2D eigenvalue weighted by molar-refractivity contribution is 9.10. The molecule has 1 heterocycles. The molecule has 0 saturated carbocycles. The van der Waals surface area contributed by atoms with Crippen LogP contribution >= 0.6 is 15.9 Å². The first-order valence-corrected chi connectivity index (χ1v) is 8.77. The van der Waals surface area contributed by atoms with Crippen LogP contribution in [-0.4, -0.2) is 30.4 Å². The van der Waals surface area contributed by atoms with Gasteiger partial charge in [0.05, 0.1) is 26.1 Å². The van der Waals surface area contributed by atoms with E-state index < -0.39 is 0 Å². The first-order valence-electron chi connectivity index (χ1n) is 7.97. The van der Waals surface area contributed by atoms with E-state index in [2.05, 4.69) is 36.4 Å². The van der Waals surface area contributed by atoms with Crippen LogP contribution in [0.5, 0.6) is 11.5 Å². The minimum absolute atomic E-state index is 0.235. The van der Waals surface area contributed by atoms with Crippen LogP contribution in [-0.2, 0) is 0 Å². The van der Waals surface area contributed by atoms with Gasteiger partial charge in [-0.15, -0.1) is 0 Å². The van der Waals surface area contributed by atoms with Crippen molar-refractivity contribution in [1.29, 1.82) is 0 Å². The Morgan fingerprint density at radius 3 is 2.59 bits per heavy atom. The van der Waals surface area contributed by atoms with Crippen LogP contribution < -0.4 is 20.5 Å². The molecular weight excluding hydrogens is 412 g/mol. The molecule has 3 aromatic rings. The van der Waals surface area contributed by atoms with Crippen molar-refractivity contribution in [1.82, 2.24) is 9.97 Å². The van der Waals surface area contributed by atoms with E-state index in [0.29, 0.717) is 11.4 Å². The van der Waals surface area contributed by atoms with Crippen molar-refractivity contribution in [3.05, 3.63) is 68.9 Å². The third-order valence-electron chi connectivity index (χ3n) is 3.69. The van der Waals surface area contributed by atoms with Gasteiger partial charge in [-0.25, -0.2) is 10.4 Å². The van der Waals surface area contributed by atoms with Crippen LogP contribution in [0.2, 0.25) is 0 Å². The van der Waals surface area contributed by atoms with Crippen molar-refractivity contribution in [2.24, 2.45) is 5.10 Å². The summed E-state index contributed by atoms with van der Waals surface area (Å²) in [5.74, 6) is 1.64. The predicted octanol–water partition coefficient (Wildman–Crippen LogP) is 3.66. The van der Waals surface area contributed by atoms with Gasteiger partial charge in [0.1, 0.15) is 11.5 Å². The number of ether oxygens (including phenoxy) is 2. The fourth-order valence-corrected chi connectivity index (χ4v) is 2.77. The van der Waals surface area contributed by atoms with Crippen molar-refractivity contribution in [2.45, 2.75) is 0 Å². The molecule has 0 aliphatic rings. The second kappa shape index (κ2) is 8.50. The van der Waals surface area contributed by atoms with Gasteiger partial charge in [-0.05, 0) is 42.5 Å². The Kier molecular flexibility index (Phi) is 5.87. The average Bonchev–Trinajstić information content (AvgIpc) is 2.68. The number of rotatable bonds is 6. The highest BCUT2D eigenvalue weighted by atomic mass is 79.9. The number of nitrogens with zero attached hydrogens (tertiary/aromatic N) is 2. The number of benzene rings is 2. The van der Waals surface area contributed by atoms with Gasteiger partial charge < -0.3 is 9.47 Å². The van der Waals surface area contributed by atoms with Gasteiger partial charge in [-0.2, -0.15) is 5.10 Å². The van der Waals surface area contributed by atoms with Crippen molar-refractivity contribution in [3.63, 3.8) is 0 Å². The molecule has 27 heavy (non-hydrogen) atoms. The minimum atomic E-state index is -0.284. The molecule has 0 unspecified atom stereocenters. The zero-order valence-corrected chi connectivity index (χ0v) is 16.3. The summed E-state index contributed by atoms with van der Waals surface area (Å²) in [6.45, 7) is 0. The Morgan fingerprint density at radius 1 is 1.11 bits per heavy atom. The number of H-pyrrole nitrogens is 1. The van der Waals surface area contributed by atoms with Crippen LogP contribution in [0.4, 0.5) is 5.95 Å². The monoisotopic (exact) mass is 428 g/mol. The van der Waals surface area contributed by atoms with Crippen LogP contribution in [0.3, 0.4) is 0 Å². The van der Waals surface area contributed by atoms with Crippen LogP contribution in [0, 0.1) is 0 Å². The first kappa shape index (κ1) is 18.7. The third-order valence-corrected chi connectivity index (χ3v) is 4.19. The maximum Gasteiger partial charge on any atom is 0.252 e. The lowest BCUT2D eigenvalue weighted by molar-refractivity contribution is 0.414.